The van der Waals surface area contributed by atoms with E-state index in [2.05, 4.69) is 0 Å². The first-order valence-corrected chi connectivity index (χ1v) is 10.3. The molecule has 2 fully saturated rings. The van der Waals surface area contributed by atoms with Crippen molar-refractivity contribution in [1.82, 2.24) is 9.80 Å². The summed E-state index contributed by atoms with van der Waals surface area (Å²) in [7, 11) is 0. The van der Waals surface area contributed by atoms with Crippen molar-refractivity contribution in [3.63, 3.8) is 0 Å². The number of carbonyl (C=O) groups is 2. The van der Waals surface area contributed by atoms with Crippen LogP contribution in [-0.4, -0.2) is 64.0 Å². The lowest BCUT2D eigenvalue weighted by molar-refractivity contribution is -0.00863. The zero-order valence-corrected chi connectivity index (χ0v) is 17.6. The van der Waals surface area contributed by atoms with Gasteiger partial charge in [-0.1, -0.05) is 30.3 Å². The number of amides is 2. The summed E-state index contributed by atoms with van der Waals surface area (Å²) >= 11 is 0. The van der Waals surface area contributed by atoms with Crippen LogP contribution in [0.5, 0.6) is 0 Å². The van der Waals surface area contributed by atoms with E-state index in [-0.39, 0.29) is 30.9 Å². The molecule has 2 aliphatic rings. The number of rotatable bonds is 3. The van der Waals surface area contributed by atoms with Gasteiger partial charge in [0.15, 0.2) is 0 Å². The number of nitrogens with zero attached hydrogens (tertiary/aromatic N) is 2. The number of hydrogen-bond donors (Lipinski definition) is 1. The Hall–Kier alpha value is -2.28. The molecule has 2 amide bonds. The summed E-state index contributed by atoms with van der Waals surface area (Å²) in [6, 6.07) is 9.31. The van der Waals surface area contributed by atoms with Crippen LogP contribution in [0.4, 0.5) is 9.59 Å². The Bertz CT molecular complexity index is 708. The molecule has 1 aromatic rings. The van der Waals surface area contributed by atoms with Crippen LogP contribution in [0.3, 0.4) is 0 Å². The predicted molar refractivity (Wildman–Crippen MR) is 108 cm³/mol. The van der Waals surface area contributed by atoms with Crippen LogP contribution in [0.1, 0.15) is 52.0 Å². The Balaban J connectivity index is 1.65. The predicted octanol–water partition coefficient (Wildman–Crippen LogP) is 3.55. The summed E-state index contributed by atoms with van der Waals surface area (Å²) in [5.41, 5.74) is 0.0171. The SMILES string of the molecule is CC(C)(C)OC(=O)N1CCC2(CC[C@H](CO)N2C(=O)OCc2ccccc2)CC1. The van der Waals surface area contributed by atoms with E-state index in [0.717, 1.165) is 18.4 Å². The molecule has 0 bridgehead atoms. The van der Waals surface area contributed by atoms with Gasteiger partial charge >= 0.3 is 12.2 Å². The Morgan fingerprint density at radius 1 is 1.10 bits per heavy atom. The van der Waals surface area contributed by atoms with Crippen LogP contribution in [-0.2, 0) is 16.1 Å². The maximum atomic E-state index is 13.0. The van der Waals surface area contributed by atoms with E-state index < -0.39 is 11.7 Å². The van der Waals surface area contributed by atoms with Crippen molar-refractivity contribution < 1.29 is 24.2 Å². The number of hydrogen-bond acceptors (Lipinski definition) is 5. The average molecular weight is 405 g/mol. The van der Waals surface area contributed by atoms with E-state index in [1.54, 1.807) is 9.80 Å². The molecule has 0 unspecified atom stereocenters. The third kappa shape index (κ3) is 5.01. The molecule has 0 radical (unpaired) electrons. The second kappa shape index (κ2) is 8.61. The van der Waals surface area contributed by atoms with Gasteiger partial charge in [-0.15, -0.1) is 0 Å². The van der Waals surface area contributed by atoms with E-state index in [9.17, 15) is 14.7 Å². The fraction of sp³-hybridized carbons (Fsp3) is 0.636. The van der Waals surface area contributed by atoms with E-state index in [1.807, 2.05) is 51.1 Å². The number of aliphatic hydroxyl groups excluding tert-OH is 1. The van der Waals surface area contributed by atoms with Crippen LogP contribution in [0.15, 0.2) is 30.3 Å². The third-order valence-corrected chi connectivity index (χ3v) is 5.78. The lowest BCUT2D eigenvalue weighted by Gasteiger charge is -2.45. The highest BCUT2D eigenvalue weighted by molar-refractivity contribution is 5.71. The summed E-state index contributed by atoms with van der Waals surface area (Å²) < 4.78 is 11.1. The van der Waals surface area contributed by atoms with Crippen LogP contribution >= 0.6 is 0 Å². The zero-order chi connectivity index (χ0) is 21.1. The smallest absolute Gasteiger partial charge is 0.410 e. The monoisotopic (exact) mass is 404 g/mol. The third-order valence-electron chi connectivity index (χ3n) is 5.78. The van der Waals surface area contributed by atoms with Gasteiger partial charge in [0.2, 0.25) is 0 Å². The number of piperidine rings is 1. The van der Waals surface area contributed by atoms with Crippen LogP contribution in [0.25, 0.3) is 0 Å². The average Bonchev–Trinajstić information content (AvgIpc) is 3.04. The Morgan fingerprint density at radius 3 is 2.34 bits per heavy atom. The van der Waals surface area contributed by atoms with Gasteiger partial charge in [0, 0.05) is 13.1 Å². The number of benzene rings is 1. The van der Waals surface area contributed by atoms with Crippen molar-refractivity contribution in [2.24, 2.45) is 0 Å². The summed E-state index contributed by atoms with van der Waals surface area (Å²) in [4.78, 5) is 28.8. The summed E-state index contributed by atoms with van der Waals surface area (Å²) in [6.45, 7) is 6.72. The molecule has 0 aromatic heterocycles. The number of carbonyl (C=O) groups excluding carboxylic acids is 2. The van der Waals surface area contributed by atoms with Gasteiger partial charge in [-0.2, -0.15) is 0 Å². The fourth-order valence-electron chi connectivity index (χ4n) is 4.30. The molecule has 2 saturated heterocycles. The quantitative estimate of drug-likeness (QED) is 0.833. The van der Waals surface area contributed by atoms with E-state index >= 15 is 0 Å². The van der Waals surface area contributed by atoms with E-state index in [0.29, 0.717) is 25.9 Å². The van der Waals surface area contributed by atoms with Crippen molar-refractivity contribution in [3.8, 4) is 0 Å². The normalized spacial score (nSPS) is 21.3. The fourth-order valence-corrected chi connectivity index (χ4v) is 4.30. The Morgan fingerprint density at radius 2 is 1.76 bits per heavy atom. The van der Waals surface area contributed by atoms with Gasteiger partial charge in [-0.05, 0) is 52.0 Å². The topological polar surface area (TPSA) is 79.3 Å². The minimum Gasteiger partial charge on any atom is -0.445 e. The molecular weight excluding hydrogens is 372 g/mol. The molecule has 2 heterocycles. The summed E-state index contributed by atoms with van der Waals surface area (Å²) in [5.74, 6) is 0. The lowest BCUT2D eigenvalue weighted by atomic mass is 9.85. The van der Waals surface area contributed by atoms with Gasteiger partial charge in [-0.25, -0.2) is 9.59 Å². The number of aliphatic hydroxyl groups is 1. The van der Waals surface area contributed by atoms with Gasteiger partial charge in [0.05, 0.1) is 18.2 Å². The van der Waals surface area contributed by atoms with Crippen LogP contribution < -0.4 is 0 Å². The molecule has 160 valence electrons. The van der Waals surface area contributed by atoms with Crippen molar-refractivity contribution >= 4 is 12.2 Å². The zero-order valence-electron chi connectivity index (χ0n) is 17.6. The Kier molecular flexibility index (Phi) is 6.36. The maximum Gasteiger partial charge on any atom is 0.410 e. The highest BCUT2D eigenvalue weighted by atomic mass is 16.6. The minimum atomic E-state index is -0.533. The maximum absolute atomic E-state index is 13.0. The highest BCUT2D eigenvalue weighted by Gasteiger charge is 2.51. The van der Waals surface area contributed by atoms with Crippen molar-refractivity contribution in [2.75, 3.05) is 19.7 Å². The van der Waals surface area contributed by atoms with E-state index in [1.165, 1.54) is 0 Å². The van der Waals surface area contributed by atoms with Gasteiger partial charge in [0.1, 0.15) is 12.2 Å². The first-order chi connectivity index (χ1) is 13.7. The van der Waals surface area contributed by atoms with Gasteiger partial charge in [-0.3, -0.25) is 4.90 Å². The molecule has 0 aliphatic carbocycles. The van der Waals surface area contributed by atoms with Gasteiger partial charge in [0.25, 0.3) is 0 Å². The van der Waals surface area contributed by atoms with Gasteiger partial charge < -0.3 is 19.5 Å². The van der Waals surface area contributed by atoms with E-state index in [4.69, 9.17) is 9.47 Å². The molecule has 1 spiro atoms. The standard InChI is InChI=1S/C22H32N2O5/c1-21(2,3)29-19(26)23-13-11-22(12-14-23)10-9-18(15-25)24(22)20(27)28-16-17-7-5-4-6-8-17/h4-8,18,25H,9-16H2,1-3H3/t18-/m1/s1. The molecule has 3 rings (SSSR count). The lowest BCUT2D eigenvalue weighted by Crippen LogP contribution is -2.57. The molecule has 1 N–H and O–H groups in total. The molecule has 1 atom stereocenters. The largest absolute Gasteiger partial charge is 0.445 e. The van der Waals surface area contributed by atoms with Crippen LogP contribution in [0.2, 0.25) is 0 Å². The molecule has 0 saturated carbocycles. The van der Waals surface area contributed by atoms with Crippen molar-refractivity contribution in [3.05, 3.63) is 35.9 Å². The minimum absolute atomic E-state index is 0.0854. The molecule has 7 nitrogen and oxygen atoms in total. The second-order valence-electron chi connectivity index (χ2n) is 8.98. The molecule has 1 aromatic carbocycles. The first kappa shape index (κ1) is 21.4. The summed E-state index contributed by atoms with van der Waals surface area (Å²) in [5, 5.41) is 9.82. The molecular formula is C22H32N2O5. The molecule has 2 aliphatic heterocycles. The number of likely N-dealkylation sites (tertiary alicyclic amines) is 2. The first-order valence-electron chi connectivity index (χ1n) is 10.3. The molecule has 29 heavy (non-hydrogen) atoms. The van der Waals surface area contributed by atoms with Crippen LogP contribution in [0, 0.1) is 0 Å². The van der Waals surface area contributed by atoms with Crippen molar-refractivity contribution in [2.45, 2.75) is 70.2 Å². The highest BCUT2D eigenvalue weighted by Crippen LogP contribution is 2.42. The molecule has 7 heteroatoms. The van der Waals surface area contributed by atoms with Crippen molar-refractivity contribution in [1.29, 1.82) is 0 Å². The Labute approximate surface area is 172 Å². The number of ether oxygens (including phenoxy) is 2. The second-order valence-corrected chi connectivity index (χ2v) is 8.98. The summed E-state index contributed by atoms with van der Waals surface area (Å²) in [6.07, 6.45) is 2.15.